The first-order chi connectivity index (χ1) is 12.0. The molecule has 7 nitrogen and oxygen atoms in total. The van der Waals surface area contributed by atoms with Crippen LogP contribution in [0.15, 0.2) is 30.3 Å². The van der Waals surface area contributed by atoms with E-state index < -0.39 is 7.60 Å². The first kappa shape index (κ1) is 19.6. The number of rotatable bonds is 7. The second-order valence-electron chi connectivity index (χ2n) is 5.90. The van der Waals surface area contributed by atoms with E-state index in [9.17, 15) is 14.2 Å². The van der Waals surface area contributed by atoms with E-state index in [0.717, 1.165) is 5.56 Å². The molecule has 0 saturated carbocycles. The average molecular weight is 369 g/mol. The van der Waals surface area contributed by atoms with Gasteiger partial charge in [-0.05, 0) is 18.4 Å². The average Bonchev–Trinajstić information content (AvgIpc) is 2.66. The van der Waals surface area contributed by atoms with E-state index in [1.54, 1.807) is 4.90 Å². The predicted molar refractivity (Wildman–Crippen MR) is 92.4 cm³/mol. The molecular formula is C17H24NO6P. The minimum atomic E-state index is -3.34. The number of nitrogens with zero attached hydrogens (tertiary/aromatic N) is 1. The van der Waals surface area contributed by atoms with E-state index >= 15 is 0 Å². The zero-order valence-corrected chi connectivity index (χ0v) is 15.4. The van der Waals surface area contributed by atoms with Crippen molar-refractivity contribution in [3.8, 4) is 0 Å². The van der Waals surface area contributed by atoms with Crippen molar-refractivity contribution in [2.24, 2.45) is 5.92 Å². The predicted octanol–water partition coefficient (Wildman–Crippen LogP) is 3.09. The third-order valence-electron chi connectivity index (χ3n) is 4.32. The van der Waals surface area contributed by atoms with Crippen LogP contribution in [0.2, 0.25) is 0 Å². The highest BCUT2D eigenvalue weighted by atomic mass is 31.2. The smallest absolute Gasteiger partial charge is 0.410 e. The van der Waals surface area contributed by atoms with Gasteiger partial charge in [-0.15, -0.1) is 0 Å². The van der Waals surface area contributed by atoms with Crippen LogP contribution >= 0.6 is 7.60 Å². The van der Waals surface area contributed by atoms with Crippen molar-refractivity contribution in [2.45, 2.75) is 19.4 Å². The van der Waals surface area contributed by atoms with Gasteiger partial charge in [-0.3, -0.25) is 9.36 Å². The zero-order chi connectivity index (χ0) is 18.3. The lowest BCUT2D eigenvalue weighted by Gasteiger charge is -2.31. The molecule has 2 rings (SSSR count). The Bertz CT molecular complexity index is 619. The number of hydrogen-bond acceptors (Lipinski definition) is 6. The standard InChI is InChI=1S/C17H24NO6P/c1-22-25(21,23-2)13-16(19)15-8-10-18(11-9-15)17(20)24-12-14-6-4-3-5-7-14/h3-7,15H,8-13H2,1-2H3. The number of Topliss-reactive ketones (excluding diaryl/α,β-unsaturated/α-hetero) is 1. The molecule has 0 N–H and O–H groups in total. The summed E-state index contributed by atoms with van der Waals surface area (Å²) in [6, 6.07) is 9.46. The summed E-state index contributed by atoms with van der Waals surface area (Å²) in [7, 11) is -0.804. The van der Waals surface area contributed by atoms with Crippen molar-refractivity contribution < 1.29 is 27.9 Å². The highest BCUT2D eigenvalue weighted by Gasteiger charge is 2.33. The summed E-state index contributed by atoms with van der Waals surface area (Å²) in [4.78, 5) is 26.0. The van der Waals surface area contributed by atoms with Gasteiger partial charge in [0.2, 0.25) is 0 Å². The quantitative estimate of drug-likeness (QED) is 0.687. The second-order valence-corrected chi connectivity index (χ2v) is 8.17. The molecule has 0 radical (unpaired) electrons. The van der Waals surface area contributed by atoms with Crippen molar-refractivity contribution in [3.05, 3.63) is 35.9 Å². The SMILES string of the molecule is COP(=O)(CC(=O)C1CCN(C(=O)OCc2ccccc2)CC1)OC. The molecule has 1 aromatic rings. The fourth-order valence-corrected chi connectivity index (χ4v) is 3.77. The van der Waals surface area contributed by atoms with Gasteiger partial charge in [0.1, 0.15) is 18.6 Å². The van der Waals surface area contributed by atoms with Crippen molar-refractivity contribution in [3.63, 3.8) is 0 Å². The summed E-state index contributed by atoms with van der Waals surface area (Å²) in [6.07, 6.45) is 0.428. The van der Waals surface area contributed by atoms with E-state index in [0.29, 0.717) is 25.9 Å². The molecule has 25 heavy (non-hydrogen) atoms. The van der Waals surface area contributed by atoms with Gasteiger partial charge in [0.15, 0.2) is 0 Å². The number of carbonyl (C=O) groups excluding carboxylic acids is 2. The Morgan fingerprint density at radius 1 is 1.12 bits per heavy atom. The molecule has 1 aliphatic heterocycles. The molecule has 138 valence electrons. The summed E-state index contributed by atoms with van der Waals surface area (Å²) in [5.74, 6) is -0.388. The van der Waals surface area contributed by atoms with Crippen LogP contribution in [-0.4, -0.2) is 50.2 Å². The fourth-order valence-electron chi connectivity index (χ4n) is 2.72. The normalized spacial score (nSPS) is 15.8. The van der Waals surface area contributed by atoms with E-state index in [1.165, 1.54) is 14.2 Å². The van der Waals surface area contributed by atoms with Crippen LogP contribution in [0.1, 0.15) is 18.4 Å². The first-order valence-corrected chi connectivity index (χ1v) is 9.89. The van der Waals surface area contributed by atoms with Crippen molar-refractivity contribution in [1.82, 2.24) is 4.90 Å². The Kier molecular flexibility index (Phi) is 7.17. The van der Waals surface area contributed by atoms with E-state index in [4.69, 9.17) is 13.8 Å². The topological polar surface area (TPSA) is 82.1 Å². The summed E-state index contributed by atoms with van der Waals surface area (Å²) in [5.41, 5.74) is 0.927. The number of amides is 1. The van der Waals surface area contributed by atoms with Crippen molar-refractivity contribution in [2.75, 3.05) is 33.5 Å². The summed E-state index contributed by atoms with van der Waals surface area (Å²) >= 11 is 0. The number of carbonyl (C=O) groups is 2. The second kappa shape index (κ2) is 9.13. The van der Waals surface area contributed by atoms with Gasteiger partial charge < -0.3 is 18.7 Å². The van der Waals surface area contributed by atoms with Crippen molar-refractivity contribution in [1.29, 1.82) is 0 Å². The van der Waals surface area contributed by atoms with Crippen LogP contribution in [0, 0.1) is 5.92 Å². The minimum absolute atomic E-state index is 0.149. The van der Waals surface area contributed by atoms with Crippen LogP contribution in [0.5, 0.6) is 0 Å². The maximum atomic E-state index is 12.3. The molecule has 0 spiro atoms. The zero-order valence-electron chi connectivity index (χ0n) is 14.6. The summed E-state index contributed by atoms with van der Waals surface area (Å²) in [6.45, 7) is 1.10. The summed E-state index contributed by atoms with van der Waals surface area (Å²) < 4.78 is 27.0. The number of likely N-dealkylation sites (tertiary alicyclic amines) is 1. The molecular weight excluding hydrogens is 345 g/mol. The molecule has 0 aliphatic carbocycles. The van der Waals surface area contributed by atoms with Crippen molar-refractivity contribution >= 4 is 19.5 Å². The molecule has 8 heteroatoms. The molecule has 0 bridgehead atoms. The summed E-state index contributed by atoms with van der Waals surface area (Å²) in [5, 5.41) is 0. The van der Waals surface area contributed by atoms with Gasteiger partial charge in [-0.2, -0.15) is 0 Å². The Hall–Kier alpha value is -1.69. The maximum absolute atomic E-state index is 12.3. The lowest BCUT2D eigenvalue weighted by atomic mass is 9.93. The van der Waals surface area contributed by atoms with Gasteiger partial charge in [-0.1, -0.05) is 30.3 Å². The number of hydrogen-bond donors (Lipinski definition) is 0. The van der Waals surface area contributed by atoms with E-state index in [1.807, 2.05) is 30.3 Å². The largest absolute Gasteiger partial charge is 0.445 e. The molecule has 1 amide bonds. The Labute approximate surface area is 147 Å². The van der Waals surface area contributed by atoms with Crippen LogP contribution in [0.3, 0.4) is 0 Å². The highest BCUT2D eigenvalue weighted by molar-refractivity contribution is 7.54. The Morgan fingerprint density at radius 3 is 2.28 bits per heavy atom. The Morgan fingerprint density at radius 2 is 1.72 bits per heavy atom. The molecule has 1 aromatic carbocycles. The lowest BCUT2D eigenvalue weighted by Crippen LogP contribution is -2.41. The van der Waals surface area contributed by atoms with Gasteiger partial charge >= 0.3 is 13.7 Å². The highest BCUT2D eigenvalue weighted by Crippen LogP contribution is 2.47. The fraction of sp³-hybridized carbons (Fsp3) is 0.529. The van der Waals surface area contributed by atoms with Gasteiger partial charge in [-0.25, -0.2) is 4.79 Å². The molecule has 0 aromatic heterocycles. The number of piperidine rings is 1. The third-order valence-corrected chi connectivity index (χ3v) is 6.13. The molecule has 1 aliphatic rings. The maximum Gasteiger partial charge on any atom is 0.410 e. The first-order valence-electron chi connectivity index (χ1n) is 8.16. The van der Waals surface area contributed by atoms with Crippen LogP contribution in [-0.2, 0) is 29.8 Å². The third kappa shape index (κ3) is 5.66. The molecule has 0 atom stereocenters. The number of ketones is 1. The van der Waals surface area contributed by atoms with Crippen LogP contribution in [0.25, 0.3) is 0 Å². The molecule has 1 heterocycles. The molecule has 1 fully saturated rings. The monoisotopic (exact) mass is 369 g/mol. The number of benzene rings is 1. The van der Waals surface area contributed by atoms with E-state index in [2.05, 4.69) is 0 Å². The molecule has 1 saturated heterocycles. The van der Waals surface area contributed by atoms with Gasteiger partial charge in [0, 0.05) is 33.2 Å². The Balaban J connectivity index is 1.78. The van der Waals surface area contributed by atoms with Crippen LogP contribution < -0.4 is 0 Å². The lowest BCUT2D eigenvalue weighted by molar-refractivity contribution is -0.121. The van der Waals surface area contributed by atoms with Gasteiger partial charge in [0.05, 0.1) is 0 Å². The molecule has 0 unspecified atom stereocenters. The minimum Gasteiger partial charge on any atom is -0.445 e. The van der Waals surface area contributed by atoms with Gasteiger partial charge in [0.25, 0.3) is 0 Å². The van der Waals surface area contributed by atoms with Crippen LogP contribution in [0.4, 0.5) is 4.79 Å². The number of ether oxygens (including phenoxy) is 1. The van der Waals surface area contributed by atoms with E-state index in [-0.39, 0.29) is 30.6 Å².